The molecule has 1 amide bonds. The van der Waals surface area contributed by atoms with Crippen LogP contribution in [0.5, 0.6) is 17.2 Å². The molecular weight excluding hydrogens is 361 g/mol. The maximum absolute atomic E-state index is 14.0. The molecule has 0 radical (unpaired) electrons. The van der Waals surface area contributed by atoms with Crippen LogP contribution < -0.4 is 14.2 Å². The summed E-state index contributed by atoms with van der Waals surface area (Å²) in [6.07, 6.45) is 3.72. The van der Waals surface area contributed by atoms with Crippen LogP contribution in [0.1, 0.15) is 35.3 Å². The highest BCUT2D eigenvalue weighted by Gasteiger charge is 2.20. The third-order valence-electron chi connectivity index (χ3n) is 4.36. The lowest BCUT2D eigenvalue weighted by atomic mass is 10.1. The molecule has 2 aromatic carbocycles. The Hall–Kier alpha value is -3.02. The molecule has 0 saturated carbocycles. The number of halogens is 1. The summed E-state index contributed by atoms with van der Waals surface area (Å²) in [5.41, 5.74) is 1.91. The fourth-order valence-corrected chi connectivity index (χ4v) is 2.96. The standard InChI is InChI=1S/C22H26FNO4/c1-6-8-16-12-17(13-20(27-4)21(16)28-5)22(25)24(7-2)14-15-9-10-19(26-3)18(23)11-15/h6,8-13H,7,14H2,1-5H3/b8-6+. The highest BCUT2D eigenvalue weighted by Crippen LogP contribution is 2.34. The van der Waals surface area contributed by atoms with E-state index in [-0.39, 0.29) is 18.2 Å². The number of methoxy groups -OCH3 is 3. The van der Waals surface area contributed by atoms with Gasteiger partial charge in [-0.05, 0) is 43.7 Å². The Labute approximate surface area is 165 Å². The van der Waals surface area contributed by atoms with E-state index in [9.17, 15) is 9.18 Å². The second-order valence-corrected chi connectivity index (χ2v) is 6.09. The molecule has 0 heterocycles. The van der Waals surface area contributed by atoms with E-state index >= 15 is 0 Å². The van der Waals surface area contributed by atoms with E-state index in [1.54, 1.807) is 36.3 Å². The number of hydrogen-bond acceptors (Lipinski definition) is 4. The smallest absolute Gasteiger partial charge is 0.254 e. The van der Waals surface area contributed by atoms with Crippen LogP contribution in [0, 0.1) is 5.82 Å². The Morgan fingerprint density at radius 1 is 1.07 bits per heavy atom. The first-order valence-corrected chi connectivity index (χ1v) is 8.99. The molecule has 0 atom stereocenters. The summed E-state index contributed by atoms with van der Waals surface area (Å²) in [5.74, 6) is 0.592. The first-order chi connectivity index (χ1) is 13.5. The average molecular weight is 387 g/mol. The van der Waals surface area contributed by atoms with E-state index < -0.39 is 5.82 Å². The number of ether oxygens (including phenoxy) is 3. The van der Waals surface area contributed by atoms with Gasteiger partial charge in [-0.25, -0.2) is 4.39 Å². The van der Waals surface area contributed by atoms with Crippen molar-refractivity contribution in [3.63, 3.8) is 0 Å². The second-order valence-electron chi connectivity index (χ2n) is 6.09. The number of rotatable bonds is 8. The third kappa shape index (κ3) is 4.63. The van der Waals surface area contributed by atoms with Crippen molar-refractivity contribution >= 4 is 12.0 Å². The van der Waals surface area contributed by atoms with Crippen LogP contribution in [0.3, 0.4) is 0 Å². The van der Waals surface area contributed by atoms with Crippen molar-refractivity contribution in [1.29, 1.82) is 0 Å². The van der Waals surface area contributed by atoms with Gasteiger partial charge in [0.15, 0.2) is 23.1 Å². The minimum absolute atomic E-state index is 0.175. The molecule has 0 aliphatic carbocycles. The molecular formula is C22H26FNO4. The van der Waals surface area contributed by atoms with E-state index in [2.05, 4.69) is 0 Å². The van der Waals surface area contributed by atoms with Gasteiger partial charge >= 0.3 is 0 Å². The van der Waals surface area contributed by atoms with Crippen molar-refractivity contribution < 1.29 is 23.4 Å². The van der Waals surface area contributed by atoms with Crippen molar-refractivity contribution in [3.05, 3.63) is 58.9 Å². The summed E-state index contributed by atoms with van der Waals surface area (Å²) >= 11 is 0. The minimum Gasteiger partial charge on any atom is -0.494 e. The number of allylic oxidation sites excluding steroid dienone is 1. The van der Waals surface area contributed by atoms with Gasteiger partial charge in [-0.3, -0.25) is 4.79 Å². The fraction of sp³-hybridized carbons (Fsp3) is 0.318. The SMILES string of the molecule is C/C=C/c1cc(C(=O)N(CC)Cc2ccc(OC)c(F)c2)cc(OC)c1OC. The molecule has 2 rings (SSSR count). The van der Waals surface area contributed by atoms with Crippen molar-refractivity contribution in [2.24, 2.45) is 0 Å². The van der Waals surface area contributed by atoms with Gasteiger partial charge in [-0.1, -0.05) is 18.2 Å². The molecule has 0 aliphatic heterocycles. The van der Waals surface area contributed by atoms with Crippen molar-refractivity contribution in [2.75, 3.05) is 27.9 Å². The van der Waals surface area contributed by atoms with Gasteiger partial charge < -0.3 is 19.1 Å². The van der Waals surface area contributed by atoms with Gasteiger partial charge in [0.2, 0.25) is 0 Å². The fourth-order valence-electron chi connectivity index (χ4n) is 2.96. The predicted octanol–water partition coefficient (Wildman–Crippen LogP) is 4.55. The molecule has 0 aliphatic rings. The zero-order chi connectivity index (χ0) is 20.7. The van der Waals surface area contributed by atoms with Crippen LogP contribution in [-0.4, -0.2) is 38.7 Å². The van der Waals surface area contributed by atoms with Gasteiger partial charge in [0.1, 0.15) is 0 Å². The first-order valence-electron chi connectivity index (χ1n) is 8.99. The lowest BCUT2D eigenvalue weighted by Gasteiger charge is -2.22. The monoisotopic (exact) mass is 387 g/mol. The van der Waals surface area contributed by atoms with Crippen LogP contribution >= 0.6 is 0 Å². The molecule has 6 heteroatoms. The van der Waals surface area contributed by atoms with Crippen LogP contribution in [-0.2, 0) is 6.54 Å². The van der Waals surface area contributed by atoms with Crippen molar-refractivity contribution in [1.82, 2.24) is 4.90 Å². The van der Waals surface area contributed by atoms with E-state index in [0.29, 0.717) is 29.2 Å². The summed E-state index contributed by atoms with van der Waals surface area (Å²) in [6, 6.07) is 8.11. The summed E-state index contributed by atoms with van der Waals surface area (Å²) in [4.78, 5) is 14.7. The van der Waals surface area contributed by atoms with E-state index in [1.807, 2.05) is 26.0 Å². The Kier molecular flexibility index (Phi) is 7.44. The number of nitrogens with zero attached hydrogens (tertiary/aromatic N) is 1. The highest BCUT2D eigenvalue weighted by atomic mass is 19.1. The maximum Gasteiger partial charge on any atom is 0.254 e. The zero-order valence-corrected chi connectivity index (χ0v) is 16.9. The molecule has 0 spiro atoms. The molecule has 5 nitrogen and oxygen atoms in total. The Morgan fingerprint density at radius 3 is 2.32 bits per heavy atom. The van der Waals surface area contributed by atoms with Crippen LogP contribution in [0.15, 0.2) is 36.4 Å². The van der Waals surface area contributed by atoms with Gasteiger partial charge in [0.05, 0.1) is 21.3 Å². The molecule has 28 heavy (non-hydrogen) atoms. The largest absolute Gasteiger partial charge is 0.494 e. The molecule has 0 fully saturated rings. The average Bonchev–Trinajstić information content (AvgIpc) is 2.71. The molecule has 2 aromatic rings. The molecule has 0 saturated heterocycles. The van der Waals surface area contributed by atoms with E-state index in [4.69, 9.17) is 14.2 Å². The Morgan fingerprint density at radius 2 is 1.79 bits per heavy atom. The summed E-state index contributed by atoms with van der Waals surface area (Å²) < 4.78 is 29.7. The maximum atomic E-state index is 14.0. The van der Waals surface area contributed by atoms with E-state index in [1.165, 1.54) is 20.3 Å². The van der Waals surface area contributed by atoms with Crippen molar-refractivity contribution in [3.8, 4) is 17.2 Å². The Bertz CT molecular complexity index is 864. The van der Waals surface area contributed by atoms with Crippen LogP contribution in [0.2, 0.25) is 0 Å². The van der Waals surface area contributed by atoms with Crippen molar-refractivity contribution in [2.45, 2.75) is 20.4 Å². The number of carbonyl (C=O) groups is 1. The normalized spacial score (nSPS) is 10.8. The summed E-state index contributed by atoms with van der Waals surface area (Å²) in [6.45, 7) is 4.52. The number of amides is 1. The van der Waals surface area contributed by atoms with Gasteiger partial charge in [0, 0.05) is 24.2 Å². The van der Waals surface area contributed by atoms with Crippen LogP contribution in [0.25, 0.3) is 6.08 Å². The first kappa shape index (κ1) is 21.3. The predicted molar refractivity (Wildman–Crippen MR) is 108 cm³/mol. The number of hydrogen-bond donors (Lipinski definition) is 0. The minimum atomic E-state index is -0.454. The molecule has 0 N–H and O–H groups in total. The zero-order valence-electron chi connectivity index (χ0n) is 16.9. The van der Waals surface area contributed by atoms with Gasteiger partial charge in [-0.15, -0.1) is 0 Å². The van der Waals surface area contributed by atoms with Gasteiger partial charge in [0.25, 0.3) is 5.91 Å². The van der Waals surface area contributed by atoms with E-state index in [0.717, 1.165) is 5.56 Å². The topological polar surface area (TPSA) is 48.0 Å². The molecule has 0 bridgehead atoms. The molecule has 0 aromatic heterocycles. The summed E-state index contributed by atoms with van der Waals surface area (Å²) in [5, 5.41) is 0. The molecule has 150 valence electrons. The number of carbonyl (C=O) groups excluding carboxylic acids is 1. The summed E-state index contributed by atoms with van der Waals surface area (Å²) in [7, 11) is 4.51. The number of benzene rings is 2. The second kappa shape index (κ2) is 9.78. The van der Waals surface area contributed by atoms with Gasteiger partial charge in [-0.2, -0.15) is 0 Å². The lowest BCUT2D eigenvalue weighted by Crippen LogP contribution is -2.30. The third-order valence-corrected chi connectivity index (χ3v) is 4.36. The Balaban J connectivity index is 2.36. The van der Waals surface area contributed by atoms with Crippen LogP contribution in [0.4, 0.5) is 4.39 Å². The quantitative estimate of drug-likeness (QED) is 0.667. The lowest BCUT2D eigenvalue weighted by molar-refractivity contribution is 0.0752. The highest BCUT2D eigenvalue weighted by molar-refractivity contribution is 5.96. The molecule has 0 unspecified atom stereocenters.